The first-order valence-corrected chi connectivity index (χ1v) is 8.34. The molecule has 1 aliphatic rings. The van der Waals surface area contributed by atoms with Crippen LogP contribution in [-0.2, 0) is 9.53 Å². The van der Waals surface area contributed by atoms with Crippen molar-refractivity contribution in [3.8, 4) is 0 Å². The van der Waals surface area contributed by atoms with Crippen molar-refractivity contribution >= 4 is 22.5 Å². The van der Waals surface area contributed by atoms with Gasteiger partial charge in [0.15, 0.2) is 0 Å². The molecule has 124 valence electrons. The average Bonchev–Trinajstić information content (AvgIpc) is 2.97. The first kappa shape index (κ1) is 16.0. The van der Waals surface area contributed by atoms with Crippen LogP contribution in [0.4, 0.5) is 5.69 Å². The summed E-state index contributed by atoms with van der Waals surface area (Å²) < 4.78 is 5.15. The summed E-state index contributed by atoms with van der Waals surface area (Å²) in [6.07, 6.45) is 4.50. The predicted molar refractivity (Wildman–Crippen MR) is 92.9 cm³/mol. The van der Waals surface area contributed by atoms with Gasteiger partial charge in [-0.15, -0.1) is 0 Å². The highest BCUT2D eigenvalue weighted by Gasteiger charge is 2.21. The lowest BCUT2D eigenvalue weighted by Crippen LogP contribution is -2.29. The highest BCUT2D eigenvalue weighted by Crippen LogP contribution is 2.33. The van der Waals surface area contributed by atoms with Crippen LogP contribution in [0.5, 0.6) is 0 Å². The van der Waals surface area contributed by atoms with Gasteiger partial charge in [0.05, 0.1) is 0 Å². The van der Waals surface area contributed by atoms with E-state index in [1.165, 1.54) is 23.8 Å². The molecular formula is C18H25N3O2. The normalized spacial score (nSPS) is 16.8. The van der Waals surface area contributed by atoms with E-state index >= 15 is 0 Å². The molecular weight excluding hydrogens is 290 g/mol. The molecule has 3 rings (SSSR count). The molecule has 2 N–H and O–H groups in total. The van der Waals surface area contributed by atoms with E-state index < -0.39 is 0 Å². The Morgan fingerprint density at radius 2 is 2.17 bits per heavy atom. The van der Waals surface area contributed by atoms with Crippen LogP contribution in [0.3, 0.4) is 0 Å². The van der Waals surface area contributed by atoms with Crippen LogP contribution in [0.25, 0.3) is 10.9 Å². The van der Waals surface area contributed by atoms with Crippen molar-refractivity contribution in [2.24, 2.45) is 0 Å². The number of aromatic amines is 1. The zero-order valence-electron chi connectivity index (χ0n) is 13.9. The van der Waals surface area contributed by atoms with Crippen LogP contribution >= 0.6 is 0 Å². The number of ether oxygens (including phenoxy) is 1. The lowest BCUT2D eigenvalue weighted by molar-refractivity contribution is -0.120. The highest BCUT2D eigenvalue weighted by atomic mass is 16.5. The minimum atomic E-state index is -0.109. The maximum absolute atomic E-state index is 11.8. The number of fused-ring (bicyclic) bond motifs is 1. The van der Waals surface area contributed by atoms with Crippen molar-refractivity contribution in [3.63, 3.8) is 0 Å². The first-order valence-electron chi connectivity index (χ1n) is 8.34. The van der Waals surface area contributed by atoms with E-state index in [2.05, 4.69) is 34.5 Å². The first-order chi connectivity index (χ1) is 11.2. The standard InChI is InChI=1S/C18H25N3O2/c1-3-23-12-18(22)20-14-4-5-17-15(10-14)16(11-19-17)13-6-8-21(2)9-7-13/h4-5,10-11,13,19H,3,6-9,12H2,1-2H3,(H,20,22). The molecule has 0 saturated carbocycles. The van der Waals surface area contributed by atoms with E-state index in [0.717, 1.165) is 24.3 Å². The number of hydrogen-bond donors (Lipinski definition) is 2. The Hall–Kier alpha value is -1.85. The summed E-state index contributed by atoms with van der Waals surface area (Å²) in [6.45, 7) is 4.81. The van der Waals surface area contributed by atoms with E-state index in [4.69, 9.17) is 4.74 Å². The summed E-state index contributed by atoms with van der Waals surface area (Å²) in [4.78, 5) is 17.6. The van der Waals surface area contributed by atoms with Crippen LogP contribution < -0.4 is 5.32 Å². The maximum atomic E-state index is 11.8. The predicted octanol–water partition coefficient (Wildman–Crippen LogP) is 2.95. The van der Waals surface area contributed by atoms with Gasteiger partial charge in [0.1, 0.15) is 6.61 Å². The highest BCUT2D eigenvalue weighted by molar-refractivity contribution is 5.95. The lowest BCUT2D eigenvalue weighted by Gasteiger charge is -2.28. The van der Waals surface area contributed by atoms with Gasteiger partial charge in [-0.25, -0.2) is 0 Å². The van der Waals surface area contributed by atoms with Gasteiger partial charge in [0.2, 0.25) is 5.91 Å². The van der Waals surface area contributed by atoms with Crippen LogP contribution in [0.15, 0.2) is 24.4 Å². The van der Waals surface area contributed by atoms with Gasteiger partial charge >= 0.3 is 0 Å². The summed E-state index contributed by atoms with van der Waals surface area (Å²) in [6, 6.07) is 6.04. The van der Waals surface area contributed by atoms with Gasteiger partial charge in [0.25, 0.3) is 0 Å². The summed E-state index contributed by atoms with van der Waals surface area (Å²) in [7, 11) is 2.18. The Morgan fingerprint density at radius 1 is 1.39 bits per heavy atom. The molecule has 0 aliphatic carbocycles. The van der Waals surface area contributed by atoms with Crippen LogP contribution in [0.1, 0.15) is 31.2 Å². The molecule has 0 bridgehead atoms. The fraction of sp³-hybridized carbons (Fsp3) is 0.500. The fourth-order valence-electron chi connectivity index (χ4n) is 3.27. The monoisotopic (exact) mass is 315 g/mol. The van der Waals surface area contributed by atoms with E-state index in [1.54, 1.807) is 0 Å². The van der Waals surface area contributed by atoms with Crippen molar-refractivity contribution < 1.29 is 9.53 Å². The molecule has 5 heteroatoms. The van der Waals surface area contributed by atoms with Gasteiger partial charge in [0, 0.05) is 29.4 Å². The van der Waals surface area contributed by atoms with Crippen LogP contribution in [0.2, 0.25) is 0 Å². The molecule has 2 aromatic rings. The topological polar surface area (TPSA) is 57.4 Å². The number of anilines is 1. The Morgan fingerprint density at radius 3 is 2.91 bits per heavy atom. The Labute approximate surface area is 137 Å². The molecule has 5 nitrogen and oxygen atoms in total. The van der Waals surface area contributed by atoms with Crippen molar-refractivity contribution in [2.45, 2.75) is 25.7 Å². The maximum Gasteiger partial charge on any atom is 0.250 e. The number of aromatic nitrogens is 1. The van der Waals surface area contributed by atoms with Crippen LogP contribution in [0, 0.1) is 0 Å². The third kappa shape index (κ3) is 3.74. The molecule has 1 aliphatic heterocycles. The lowest BCUT2D eigenvalue weighted by atomic mass is 9.89. The Kier molecular flexibility index (Phi) is 4.98. The average molecular weight is 315 g/mol. The van der Waals surface area contributed by atoms with Crippen molar-refractivity contribution in [1.29, 1.82) is 0 Å². The van der Waals surface area contributed by atoms with Gasteiger partial charge in [-0.2, -0.15) is 0 Å². The third-order valence-corrected chi connectivity index (χ3v) is 4.59. The second-order valence-corrected chi connectivity index (χ2v) is 6.27. The second-order valence-electron chi connectivity index (χ2n) is 6.27. The molecule has 1 fully saturated rings. The minimum Gasteiger partial charge on any atom is -0.372 e. The summed E-state index contributed by atoms with van der Waals surface area (Å²) in [5, 5.41) is 4.13. The summed E-state index contributed by atoms with van der Waals surface area (Å²) >= 11 is 0. The van der Waals surface area contributed by atoms with Gasteiger partial charge in [-0.05, 0) is 69.6 Å². The third-order valence-electron chi connectivity index (χ3n) is 4.59. The van der Waals surface area contributed by atoms with E-state index in [0.29, 0.717) is 12.5 Å². The molecule has 0 unspecified atom stereocenters. The van der Waals surface area contributed by atoms with Gasteiger partial charge < -0.3 is 19.9 Å². The quantitative estimate of drug-likeness (QED) is 0.892. The smallest absolute Gasteiger partial charge is 0.250 e. The van der Waals surface area contributed by atoms with Crippen molar-refractivity contribution in [3.05, 3.63) is 30.0 Å². The summed E-state index contributed by atoms with van der Waals surface area (Å²) in [5.41, 5.74) is 3.33. The molecule has 1 aromatic carbocycles. The zero-order chi connectivity index (χ0) is 16.2. The molecule has 23 heavy (non-hydrogen) atoms. The number of rotatable bonds is 5. The van der Waals surface area contributed by atoms with E-state index in [-0.39, 0.29) is 12.5 Å². The fourth-order valence-corrected chi connectivity index (χ4v) is 3.27. The minimum absolute atomic E-state index is 0.101. The zero-order valence-corrected chi connectivity index (χ0v) is 13.9. The molecule has 2 heterocycles. The number of carbonyl (C=O) groups is 1. The summed E-state index contributed by atoms with van der Waals surface area (Å²) in [5.74, 6) is 0.483. The second kappa shape index (κ2) is 7.15. The number of amides is 1. The Bertz CT molecular complexity index is 672. The number of piperidine rings is 1. The molecule has 0 atom stereocenters. The molecule has 0 radical (unpaired) electrons. The number of H-pyrrole nitrogens is 1. The number of benzene rings is 1. The van der Waals surface area contributed by atoms with Gasteiger partial charge in [-0.3, -0.25) is 4.79 Å². The van der Waals surface area contributed by atoms with E-state index in [9.17, 15) is 4.79 Å². The number of carbonyl (C=O) groups excluding carboxylic acids is 1. The SMILES string of the molecule is CCOCC(=O)Nc1ccc2[nH]cc(C3CCN(C)CC3)c2c1. The largest absolute Gasteiger partial charge is 0.372 e. The molecule has 1 aromatic heterocycles. The number of likely N-dealkylation sites (tertiary alicyclic amines) is 1. The van der Waals surface area contributed by atoms with Gasteiger partial charge in [-0.1, -0.05) is 0 Å². The number of nitrogens with one attached hydrogen (secondary N) is 2. The molecule has 1 saturated heterocycles. The van der Waals surface area contributed by atoms with Crippen molar-refractivity contribution in [2.75, 3.05) is 38.7 Å². The molecule has 1 amide bonds. The Balaban J connectivity index is 1.78. The van der Waals surface area contributed by atoms with Crippen molar-refractivity contribution in [1.82, 2.24) is 9.88 Å². The number of hydrogen-bond acceptors (Lipinski definition) is 3. The molecule has 0 spiro atoms. The van der Waals surface area contributed by atoms with Crippen LogP contribution in [-0.4, -0.2) is 49.1 Å². The van der Waals surface area contributed by atoms with E-state index in [1.807, 2.05) is 19.1 Å². The number of nitrogens with zero attached hydrogens (tertiary/aromatic N) is 1.